The molecule has 2 unspecified atom stereocenters. The van der Waals surface area contributed by atoms with E-state index in [-0.39, 0.29) is 11.7 Å². The molecule has 17 heavy (non-hydrogen) atoms. The van der Waals surface area contributed by atoms with E-state index in [0.29, 0.717) is 10.8 Å². The van der Waals surface area contributed by atoms with E-state index in [9.17, 15) is 0 Å². The number of rotatable bonds is 0. The van der Waals surface area contributed by atoms with E-state index in [1.165, 1.54) is 38.5 Å². The first-order valence-electron chi connectivity index (χ1n) is 5.93. The molecule has 0 saturated heterocycles. The van der Waals surface area contributed by atoms with Gasteiger partial charge >= 0.3 is 35.3 Å². The van der Waals surface area contributed by atoms with E-state index in [4.69, 9.17) is 24.6 Å². The molecule has 4 aliphatic carbocycles. The van der Waals surface area contributed by atoms with Crippen molar-refractivity contribution in [3.8, 4) is 0 Å². The van der Waals surface area contributed by atoms with Crippen LogP contribution < -0.4 is 11.9 Å². The monoisotopic (exact) mass is 461 g/mol. The molecule has 4 rings (SSSR count). The topological polar surface area (TPSA) is 61.0 Å². The Labute approximate surface area is 121 Å². The van der Waals surface area contributed by atoms with Crippen molar-refractivity contribution in [3.05, 3.63) is 0 Å². The summed E-state index contributed by atoms with van der Waals surface area (Å²) in [6.07, 6.45) is 8.27. The molecule has 0 aromatic rings. The Kier molecular flexibility index (Phi) is 5.05. The Morgan fingerprint density at radius 1 is 1.00 bits per heavy atom. The molecule has 4 fully saturated rings. The Morgan fingerprint density at radius 2 is 1.41 bits per heavy atom. The summed E-state index contributed by atoms with van der Waals surface area (Å²) in [6.45, 7) is 4.94. The van der Waals surface area contributed by atoms with Crippen molar-refractivity contribution in [2.45, 2.75) is 57.9 Å². The molecule has 0 aliphatic heterocycles. The van der Waals surface area contributed by atoms with Gasteiger partial charge in [0.05, 0.1) is 0 Å². The molecule has 0 aromatic carbocycles. The Hall–Kier alpha value is 1.19. The van der Waals surface area contributed by atoms with Gasteiger partial charge in [-0.3, -0.25) is 0 Å². The van der Waals surface area contributed by atoms with Crippen LogP contribution in [0.4, 0.5) is 0 Å². The van der Waals surface area contributed by atoms with Crippen LogP contribution in [0.25, 0.3) is 0 Å². The van der Waals surface area contributed by atoms with Gasteiger partial charge in [0.1, 0.15) is 0 Å². The predicted molar refractivity (Wildman–Crippen MR) is 71.1 cm³/mol. The van der Waals surface area contributed by atoms with Gasteiger partial charge in [-0.15, -0.1) is 0 Å². The van der Waals surface area contributed by atoms with Crippen molar-refractivity contribution in [3.63, 3.8) is 0 Å². The second-order valence-corrected chi connectivity index (χ2v) is 10.3. The molecule has 0 spiro atoms. The maximum absolute atomic E-state index is 6.49. The van der Waals surface area contributed by atoms with Crippen LogP contribution in [0.1, 0.15) is 52.4 Å². The van der Waals surface area contributed by atoms with Gasteiger partial charge in [-0.1, -0.05) is 13.8 Å². The van der Waals surface area contributed by atoms with E-state index in [1.54, 1.807) is 0 Å². The number of hydrogen-bond donors (Lipinski definition) is 2. The van der Waals surface area contributed by atoms with Crippen molar-refractivity contribution >= 4 is 18.8 Å². The number of hydrogen-bond acceptors (Lipinski definition) is 2. The molecule has 0 aromatic heterocycles. The van der Waals surface area contributed by atoms with E-state index in [1.807, 2.05) is 0 Å². The summed E-state index contributed by atoms with van der Waals surface area (Å²) in [5, 5.41) is 0. The molecule has 4 bridgehead atoms. The van der Waals surface area contributed by atoms with Crippen LogP contribution in [0.15, 0.2) is 0 Å². The standard InChI is InChI=1S/C12H21N.2ClH.H3N.Pt/c1-10-3-9-4-11(2,6-10)8-12(13,5-9)7-10;;;;/h9H,3-8,13H2,1-2H3;2*1H;1H3;/q;;;;+2/p-2/t9?,10-,11?,12-;;;;/m1..../s1. The van der Waals surface area contributed by atoms with Gasteiger partial charge in [-0.05, 0) is 55.3 Å². The average molecular weight is 462 g/mol. The third-order valence-corrected chi connectivity index (χ3v) is 4.67. The van der Waals surface area contributed by atoms with Crippen molar-refractivity contribution in [2.75, 3.05) is 0 Å². The minimum atomic E-state index is -0.472. The summed E-state index contributed by atoms with van der Waals surface area (Å²) in [5.41, 5.74) is 7.92. The van der Waals surface area contributed by atoms with Gasteiger partial charge in [0, 0.05) is 5.54 Å². The Balaban J connectivity index is 0.000000331. The molecule has 0 amide bonds. The summed E-state index contributed by atoms with van der Waals surface area (Å²) in [5.74, 6) is 0.955. The number of nitrogens with two attached hydrogens (primary N) is 1. The third-order valence-electron chi connectivity index (χ3n) is 4.67. The summed E-state index contributed by atoms with van der Waals surface area (Å²) < 4.78 is 0. The molecule has 5 heteroatoms. The van der Waals surface area contributed by atoms with Crippen LogP contribution >= 0.6 is 18.8 Å². The van der Waals surface area contributed by atoms with Crippen LogP contribution in [0.2, 0.25) is 0 Å². The zero-order valence-electron chi connectivity index (χ0n) is 10.7. The van der Waals surface area contributed by atoms with Crippen molar-refractivity contribution < 1.29 is 16.5 Å². The fourth-order valence-electron chi connectivity index (χ4n) is 5.54. The molecule has 2 nitrogen and oxygen atoms in total. The maximum atomic E-state index is 6.49. The quantitative estimate of drug-likeness (QED) is 0.566. The van der Waals surface area contributed by atoms with Crippen LogP contribution in [-0.2, 0) is 16.5 Å². The molecule has 4 saturated carbocycles. The van der Waals surface area contributed by atoms with Gasteiger partial charge < -0.3 is 11.9 Å². The van der Waals surface area contributed by atoms with E-state index < -0.39 is 16.5 Å². The summed E-state index contributed by atoms with van der Waals surface area (Å²) >= 11 is -0.472. The molecule has 0 heterocycles. The van der Waals surface area contributed by atoms with E-state index >= 15 is 0 Å². The third kappa shape index (κ3) is 3.39. The van der Waals surface area contributed by atoms with E-state index in [2.05, 4.69) is 13.8 Å². The predicted octanol–water partition coefficient (Wildman–Crippen LogP) is 4.23. The van der Waals surface area contributed by atoms with E-state index in [0.717, 1.165) is 5.92 Å². The van der Waals surface area contributed by atoms with Gasteiger partial charge in [0.25, 0.3) is 0 Å². The van der Waals surface area contributed by atoms with Crippen molar-refractivity contribution in [2.24, 2.45) is 22.5 Å². The fraction of sp³-hybridized carbons (Fsp3) is 1.00. The van der Waals surface area contributed by atoms with Gasteiger partial charge in [-0.2, -0.15) is 0 Å². The molecule has 4 atom stereocenters. The second kappa shape index (κ2) is 5.29. The molecule has 106 valence electrons. The summed E-state index contributed by atoms with van der Waals surface area (Å²) in [6, 6.07) is 0. The van der Waals surface area contributed by atoms with Gasteiger partial charge in [-0.25, -0.2) is 0 Å². The van der Waals surface area contributed by atoms with Gasteiger partial charge in [0.15, 0.2) is 0 Å². The van der Waals surface area contributed by atoms with Crippen LogP contribution in [0.3, 0.4) is 0 Å². The summed E-state index contributed by atoms with van der Waals surface area (Å²) in [4.78, 5) is 0. The van der Waals surface area contributed by atoms with Crippen molar-refractivity contribution in [1.82, 2.24) is 6.15 Å². The molecule has 4 aliphatic rings. The number of halogens is 2. The average Bonchev–Trinajstić information content (AvgIpc) is 1.93. The fourth-order valence-corrected chi connectivity index (χ4v) is 5.54. The molecule has 5 N–H and O–H groups in total. The minimum absolute atomic E-state index is 0. The first-order valence-corrected chi connectivity index (χ1v) is 11.6. The first-order chi connectivity index (χ1) is 7.32. The molecular weight excluding hydrogens is 438 g/mol. The SMILES string of the molecule is CC12CC3C[C@](C)(C1)C[C@](N)(C3)C2.N.[Cl][Pt][Cl]. The van der Waals surface area contributed by atoms with Crippen LogP contribution in [-0.4, -0.2) is 5.54 Å². The zero-order valence-corrected chi connectivity index (χ0v) is 14.5. The summed E-state index contributed by atoms with van der Waals surface area (Å²) in [7, 11) is 9.75. The van der Waals surface area contributed by atoms with Crippen LogP contribution in [0.5, 0.6) is 0 Å². The Morgan fingerprint density at radius 3 is 1.71 bits per heavy atom. The van der Waals surface area contributed by atoms with Crippen molar-refractivity contribution in [1.29, 1.82) is 0 Å². The Bertz CT molecular complexity index is 237. The normalized spacial score (nSPS) is 50.5. The van der Waals surface area contributed by atoms with Gasteiger partial charge in [0.2, 0.25) is 0 Å². The molecular formula is C12H24Cl2N2Pt. The first kappa shape index (κ1) is 16.2. The zero-order chi connectivity index (χ0) is 12.0. The molecule has 0 radical (unpaired) electrons. The second-order valence-electron chi connectivity index (χ2n) is 7.04. The van der Waals surface area contributed by atoms with Crippen LogP contribution in [0, 0.1) is 16.7 Å².